The van der Waals surface area contributed by atoms with E-state index in [1.54, 1.807) is 11.3 Å². The lowest BCUT2D eigenvalue weighted by Crippen LogP contribution is -2.80. The Labute approximate surface area is 198 Å². The summed E-state index contributed by atoms with van der Waals surface area (Å²) >= 11 is 1.67. The molecule has 0 aliphatic heterocycles. The van der Waals surface area contributed by atoms with Gasteiger partial charge in [0, 0.05) is 54.3 Å². The zero-order valence-electron chi connectivity index (χ0n) is 19.1. The second kappa shape index (κ2) is 9.35. The maximum Gasteiger partial charge on any atom is 0.367 e. The van der Waals surface area contributed by atoms with E-state index < -0.39 is 0 Å². The molecule has 1 saturated carbocycles. The fourth-order valence-corrected chi connectivity index (χ4v) is 5.60. The van der Waals surface area contributed by atoms with Crippen LogP contribution in [0.25, 0.3) is 21.0 Å². The van der Waals surface area contributed by atoms with Gasteiger partial charge in [-0.25, -0.2) is 9.98 Å². The van der Waals surface area contributed by atoms with Crippen molar-refractivity contribution >= 4 is 50.0 Å². The molecule has 2 heterocycles. The van der Waals surface area contributed by atoms with E-state index in [1.807, 2.05) is 54.7 Å². The number of para-hydroxylation sites is 1. The molecule has 4 aromatic rings. The highest BCUT2D eigenvalue weighted by atomic mass is 32.1. The highest BCUT2D eigenvalue weighted by Gasteiger charge is 2.26. The van der Waals surface area contributed by atoms with Gasteiger partial charge in [-0.2, -0.15) is 4.98 Å². The highest BCUT2D eigenvalue weighted by Crippen LogP contribution is 2.27. The van der Waals surface area contributed by atoms with Gasteiger partial charge in [-0.1, -0.05) is 30.3 Å². The van der Waals surface area contributed by atoms with Crippen LogP contribution in [-0.4, -0.2) is 47.7 Å². The van der Waals surface area contributed by atoms with E-state index in [0.717, 1.165) is 59.9 Å². The van der Waals surface area contributed by atoms with Gasteiger partial charge in [-0.3, -0.25) is 0 Å². The van der Waals surface area contributed by atoms with E-state index in [0.29, 0.717) is 23.8 Å². The van der Waals surface area contributed by atoms with Crippen LogP contribution < -0.4 is 15.2 Å². The van der Waals surface area contributed by atoms with Gasteiger partial charge in [0.05, 0.1) is 5.52 Å². The number of hydrogen-bond donors (Lipinski definition) is 3. The summed E-state index contributed by atoms with van der Waals surface area (Å²) in [6.07, 6.45) is 4.30. The van der Waals surface area contributed by atoms with Gasteiger partial charge in [-0.05, 0) is 37.0 Å². The minimum atomic E-state index is 0.301. The molecule has 0 unspecified atom stereocenters. The molecule has 7 heteroatoms. The van der Waals surface area contributed by atoms with Crippen molar-refractivity contribution in [3.05, 3.63) is 59.5 Å². The number of aromatic nitrogens is 2. The van der Waals surface area contributed by atoms with Gasteiger partial charge in [0.25, 0.3) is 0 Å². The number of fused-ring (bicyclic) bond motifs is 2. The summed E-state index contributed by atoms with van der Waals surface area (Å²) < 4.78 is 1.20. The number of benzene rings is 2. The van der Waals surface area contributed by atoms with Crippen LogP contribution in [-0.2, 0) is 0 Å². The normalized spacial score (nSPS) is 19.2. The average Bonchev–Trinajstić information content (AvgIpc) is 3.27. The second-order valence-electron chi connectivity index (χ2n) is 9.02. The van der Waals surface area contributed by atoms with Crippen molar-refractivity contribution in [3.8, 4) is 0 Å². The number of thiophene rings is 1. The van der Waals surface area contributed by atoms with Gasteiger partial charge in [0.15, 0.2) is 6.04 Å². The van der Waals surface area contributed by atoms with Crippen molar-refractivity contribution < 1.29 is 10.1 Å². The van der Waals surface area contributed by atoms with E-state index >= 15 is 0 Å². The Kier molecular flexibility index (Phi) is 6.13. The fourth-order valence-electron chi connectivity index (χ4n) is 4.66. The summed E-state index contributed by atoms with van der Waals surface area (Å²) in [5, 5.41) is 18.4. The molecule has 2 aromatic heterocycles. The van der Waals surface area contributed by atoms with Crippen molar-refractivity contribution in [2.75, 3.05) is 30.9 Å². The van der Waals surface area contributed by atoms with E-state index in [9.17, 15) is 5.11 Å². The monoisotopic (exact) mass is 460 g/mol. The first-order valence-corrected chi connectivity index (χ1v) is 12.4. The van der Waals surface area contributed by atoms with Crippen LogP contribution in [0.1, 0.15) is 31.2 Å². The number of aliphatic hydroxyl groups is 1. The van der Waals surface area contributed by atoms with Gasteiger partial charge >= 0.3 is 5.90 Å². The van der Waals surface area contributed by atoms with Crippen molar-refractivity contribution in [1.82, 2.24) is 9.97 Å². The third-order valence-electron chi connectivity index (χ3n) is 6.48. The first-order chi connectivity index (χ1) is 16.1. The third kappa shape index (κ3) is 4.64. The maximum atomic E-state index is 10.7. The van der Waals surface area contributed by atoms with E-state index in [2.05, 4.69) is 28.5 Å². The lowest BCUT2D eigenvalue weighted by atomic mass is 9.86. The van der Waals surface area contributed by atoms with E-state index in [4.69, 9.17) is 9.97 Å². The lowest BCUT2D eigenvalue weighted by molar-refractivity contribution is -0.515. The number of aliphatic hydroxyl groups excluding tert-OH is 1. The largest absolute Gasteiger partial charge is 0.460 e. The maximum absolute atomic E-state index is 10.7. The summed E-state index contributed by atoms with van der Waals surface area (Å²) in [6.45, 7) is 0.864. The molecule has 5 rings (SSSR count). The molecule has 0 bridgehead atoms. The zero-order chi connectivity index (χ0) is 22.8. The van der Waals surface area contributed by atoms with Crippen LogP contribution in [0.2, 0.25) is 0 Å². The smallest absolute Gasteiger partial charge is 0.367 e. The molecule has 0 amide bonds. The quantitative estimate of drug-likeness (QED) is 0.300. The summed E-state index contributed by atoms with van der Waals surface area (Å²) in [5.41, 5.74) is 1.86. The van der Waals surface area contributed by atoms with Crippen molar-refractivity contribution in [2.45, 2.75) is 31.7 Å². The van der Waals surface area contributed by atoms with E-state index in [-0.39, 0.29) is 0 Å². The molecule has 1 aliphatic carbocycles. The molecule has 0 radical (unpaired) electrons. The first kappa shape index (κ1) is 21.6. The number of rotatable bonds is 6. The van der Waals surface area contributed by atoms with Crippen LogP contribution >= 0.6 is 11.3 Å². The molecule has 2 aromatic carbocycles. The van der Waals surface area contributed by atoms with Gasteiger partial charge in [-0.15, -0.1) is 11.3 Å². The Morgan fingerprint density at radius 1 is 1.03 bits per heavy atom. The summed E-state index contributed by atoms with van der Waals surface area (Å²) in [6, 6.07) is 16.6. The topological polar surface area (TPSA) is 75.2 Å². The van der Waals surface area contributed by atoms with E-state index in [1.165, 1.54) is 4.70 Å². The SMILES string of the molecule is CN(C)c1nc(NCC2CCC([NH+]=C(O)c3csc4ccccc34)CC2)nc2ccccc12. The minimum absolute atomic E-state index is 0.301. The molecule has 3 N–H and O–H groups in total. The predicted molar refractivity (Wildman–Crippen MR) is 138 cm³/mol. The predicted octanol–water partition coefficient (Wildman–Crippen LogP) is 3.97. The van der Waals surface area contributed by atoms with Crippen LogP contribution in [0.3, 0.4) is 0 Å². The summed E-state index contributed by atoms with van der Waals surface area (Å²) in [5.74, 6) is 2.50. The molecule has 33 heavy (non-hydrogen) atoms. The fraction of sp³-hybridized carbons (Fsp3) is 0.346. The zero-order valence-corrected chi connectivity index (χ0v) is 19.9. The van der Waals surface area contributed by atoms with Crippen molar-refractivity contribution in [1.29, 1.82) is 0 Å². The molecule has 1 aliphatic rings. The van der Waals surface area contributed by atoms with Gasteiger partial charge < -0.3 is 15.3 Å². The standard InChI is InChI=1S/C26H29N5OS/c1-31(2)24-20-8-3-5-9-22(20)29-26(30-24)27-15-17-11-13-18(14-12-17)28-25(32)21-16-33-23-10-6-4-7-19(21)23/h3-10,16-18H,11-15H2,1-2H3,(H,28,32)(H,27,29,30)/p+1. The summed E-state index contributed by atoms with van der Waals surface area (Å²) in [7, 11) is 4.02. The molecule has 170 valence electrons. The van der Waals surface area contributed by atoms with Gasteiger partial charge in [0.1, 0.15) is 11.4 Å². The van der Waals surface area contributed by atoms with Crippen LogP contribution in [0.5, 0.6) is 0 Å². The second-order valence-corrected chi connectivity index (χ2v) is 9.93. The number of nitrogens with zero attached hydrogens (tertiary/aromatic N) is 3. The Hall–Kier alpha value is -3.19. The summed E-state index contributed by atoms with van der Waals surface area (Å²) in [4.78, 5) is 14.9. The van der Waals surface area contributed by atoms with Crippen molar-refractivity contribution in [2.24, 2.45) is 5.92 Å². The molecule has 0 spiro atoms. The number of nitrogens with one attached hydrogen (secondary N) is 2. The minimum Gasteiger partial charge on any atom is -0.460 e. The molecular formula is C26H30N5OS+. The molecular weight excluding hydrogens is 430 g/mol. The Morgan fingerprint density at radius 3 is 2.55 bits per heavy atom. The van der Waals surface area contributed by atoms with Crippen molar-refractivity contribution in [3.63, 3.8) is 0 Å². The van der Waals surface area contributed by atoms with Gasteiger partial charge in [0.2, 0.25) is 5.95 Å². The average molecular weight is 461 g/mol. The van der Waals surface area contributed by atoms with Crippen LogP contribution in [0.15, 0.2) is 53.9 Å². The van der Waals surface area contributed by atoms with Crippen LogP contribution in [0, 0.1) is 5.92 Å². The Morgan fingerprint density at radius 2 is 1.76 bits per heavy atom. The molecule has 1 fully saturated rings. The third-order valence-corrected chi connectivity index (χ3v) is 7.44. The highest BCUT2D eigenvalue weighted by molar-refractivity contribution is 7.17. The number of hydrogen-bond acceptors (Lipinski definition) is 5. The van der Waals surface area contributed by atoms with Crippen LogP contribution in [0.4, 0.5) is 11.8 Å². The first-order valence-electron chi connectivity index (χ1n) is 11.6. The Balaban J connectivity index is 1.20. The molecule has 6 nitrogen and oxygen atoms in total. The molecule has 0 saturated heterocycles. The Bertz CT molecular complexity index is 1290. The lowest BCUT2D eigenvalue weighted by Gasteiger charge is -2.24. The molecule has 0 atom stereocenters. The number of anilines is 2.